The number of nitrogen functional groups attached to an aromatic ring is 1. The number of anilines is 1. The molecule has 1 heterocycles. The molecule has 0 aliphatic carbocycles. The van der Waals surface area contributed by atoms with Gasteiger partial charge in [0.25, 0.3) is 0 Å². The molecule has 0 fully saturated rings. The third-order valence-corrected chi connectivity index (χ3v) is 1.29. The molecule has 0 unspecified atom stereocenters. The minimum Gasteiger partial charge on any atom is -0.464 e. The number of hydrogen-bond donors (Lipinski definition) is 1. The summed E-state index contributed by atoms with van der Waals surface area (Å²) in [6, 6.07) is 0. The maximum atomic E-state index is 10.8. The average molecular weight is 156 g/mol. The molecule has 0 atom stereocenters. The molecule has 0 saturated carbocycles. The molecule has 11 heavy (non-hydrogen) atoms. The second-order valence-corrected chi connectivity index (χ2v) is 1.99. The summed E-state index contributed by atoms with van der Waals surface area (Å²) in [5.74, 6) is -0.162. The molecule has 1 aromatic heterocycles. The summed E-state index contributed by atoms with van der Waals surface area (Å²) in [6.07, 6.45) is 0. The summed E-state index contributed by atoms with van der Waals surface area (Å²) in [5.41, 5.74) is 5.69. The molecule has 0 radical (unpaired) electrons. The summed E-state index contributed by atoms with van der Waals surface area (Å²) in [4.78, 5) is 10.8. The predicted molar refractivity (Wildman–Crippen MR) is 37.0 cm³/mol. The smallest absolute Gasteiger partial charge is 0.362 e. The topological polar surface area (TPSA) is 78.3 Å². The van der Waals surface area contributed by atoms with Gasteiger partial charge in [0.05, 0.1) is 7.11 Å². The Kier molecular flexibility index (Phi) is 1.80. The van der Waals surface area contributed by atoms with E-state index in [1.54, 1.807) is 6.92 Å². The van der Waals surface area contributed by atoms with E-state index in [9.17, 15) is 4.79 Å². The first-order valence-electron chi connectivity index (χ1n) is 2.97. The minimum absolute atomic E-state index is 0.0324. The second kappa shape index (κ2) is 2.61. The average Bonchev–Trinajstić information content (AvgIpc) is 2.32. The highest BCUT2D eigenvalue weighted by atomic mass is 16.5. The van der Waals surface area contributed by atoms with Gasteiger partial charge in [-0.05, 0) is 6.92 Å². The van der Waals surface area contributed by atoms with Gasteiger partial charge in [0.2, 0.25) is 5.69 Å². The summed E-state index contributed by atoms with van der Waals surface area (Å²) < 4.78 is 9.03. The molecule has 0 saturated heterocycles. The molecule has 1 rings (SSSR count). The summed E-state index contributed by atoms with van der Waals surface area (Å²) >= 11 is 0. The molecule has 0 amide bonds. The Morgan fingerprint density at radius 2 is 2.36 bits per heavy atom. The van der Waals surface area contributed by atoms with Crippen molar-refractivity contribution in [3.05, 3.63) is 11.5 Å². The summed E-state index contributed by atoms with van der Waals surface area (Å²) in [7, 11) is 1.26. The maximum absolute atomic E-state index is 10.8. The van der Waals surface area contributed by atoms with Crippen LogP contribution in [0.25, 0.3) is 0 Å². The zero-order valence-electron chi connectivity index (χ0n) is 6.25. The Morgan fingerprint density at radius 1 is 1.73 bits per heavy atom. The third-order valence-electron chi connectivity index (χ3n) is 1.29. The molecule has 5 heteroatoms. The molecule has 1 aromatic rings. The lowest BCUT2D eigenvalue weighted by atomic mass is 10.3. The van der Waals surface area contributed by atoms with Gasteiger partial charge >= 0.3 is 5.97 Å². The fourth-order valence-electron chi connectivity index (χ4n) is 0.623. The maximum Gasteiger partial charge on any atom is 0.362 e. The fourth-order valence-corrected chi connectivity index (χ4v) is 0.623. The molecule has 2 N–H and O–H groups in total. The van der Waals surface area contributed by atoms with Crippen molar-refractivity contribution in [1.82, 2.24) is 5.16 Å². The lowest BCUT2D eigenvalue weighted by molar-refractivity contribution is 0.0590. The Bertz CT molecular complexity index is 279. The van der Waals surface area contributed by atoms with Crippen LogP contribution in [-0.4, -0.2) is 18.2 Å². The van der Waals surface area contributed by atoms with Crippen LogP contribution in [0.1, 0.15) is 16.2 Å². The number of hydrogen-bond acceptors (Lipinski definition) is 5. The van der Waals surface area contributed by atoms with Crippen LogP contribution < -0.4 is 5.73 Å². The van der Waals surface area contributed by atoms with Gasteiger partial charge in [0.15, 0.2) is 5.76 Å². The Hall–Kier alpha value is -1.52. The monoisotopic (exact) mass is 156 g/mol. The molecule has 0 aliphatic rings. The van der Waals surface area contributed by atoms with Gasteiger partial charge in [-0.2, -0.15) is 0 Å². The van der Waals surface area contributed by atoms with Crippen molar-refractivity contribution in [2.45, 2.75) is 6.92 Å². The quantitative estimate of drug-likeness (QED) is 0.593. The minimum atomic E-state index is -0.584. The number of carbonyl (C=O) groups is 1. The van der Waals surface area contributed by atoms with E-state index in [0.29, 0.717) is 5.76 Å². The van der Waals surface area contributed by atoms with Crippen LogP contribution in [0.15, 0.2) is 4.52 Å². The van der Waals surface area contributed by atoms with E-state index in [0.717, 1.165) is 0 Å². The van der Waals surface area contributed by atoms with Crippen molar-refractivity contribution in [2.24, 2.45) is 0 Å². The number of carbonyl (C=O) groups excluding carboxylic acids is 1. The third kappa shape index (κ3) is 1.17. The van der Waals surface area contributed by atoms with Crippen LogP contribution >= 0.6 is 0 Å². The number of aromatic nitrogens is 1. The van der Waals surface area contributed by atoms with Crippen molar-refractivity contribution in [1.29, 1.82) is 0 Å². The first-order valence-corrected chi connectivity index (χ1v) is 2.97. The highest BCUT2D eigenvalue weighted by Gasteiger charge is 2.16. The standard InChI is InChI=1S/C6H8N2O3/c1-3-4(7)5(8-11-3)6(9)10-2/h7H2,1-2H3. The molecule has 5 nitrogen and oxygen atoms in total. The number of nitrogens with zero attached hydrogens (tertiary/aromatic N) is 1. The van der Waals surface area contributed by atoms with Crippen molar-refractivity contribution >= 4 is 11.7 Å². The van der Waals surface area contributed by atoms with E-state index >= 15 is 0 Å². The van der Waals surface area contributed by atoms with Gasteiger partial charge in [0.1, 0.15) is 5.69 Å². The van der Waals surface area contributed by atoms with Gasteiger partial charge < -0.3 is 15.0 Å². The van der Waals surface area contributed by atoms with Gasteiger partial charge in [-0.3, -0.25) is 0 Å². The number of ether oxygens (including phenoxy) is 1. The predicted octanol–water partition coefficient (Wildman–Crippen LogP) is 0.352. The van der Waals surface area contributed by atoms with Crippen LogP contribution in [0.2, 0.25) is 0 Å². The summed E-state index contributed by atoms with van der Waals surface area (Å²) in [5, 5.41) is 3.41. The fraction of sp³-hybridized carbons (Fsp3) is 0.333. The molecular formula is C6H8N2O3. The molecule has 0 aromatic carbocycles. The SMILES string of the molecule is COC(=O)c1noc(C)c1N. The van der Waals surface area contributed by atoms with Gasteiger partial charge in [-0.15, -0.1) is 0 Å². The molecule has 0 aliphatic heterocycles. The number of rotatable bonds is 1. The van der Waals surface area contributed by atoms with E-state index in [2.05, 4.69) is 14.4 Å². The first kappa shape index (κ1) is 7.59. The Morgan fingerprint density at radius 3 is 2.73 bits per heavy atom. The lowest BCUT2D eigenvalue weighted by Crippen LogP contribution is -2.04. The van der Waals surface area contributed by atoms with Crippen molar-refractivity contribution in [2.75, 3.05) is 12.8 Å². The van der Waals surface area contributed by atoms with Crippen molar-refractivity contribution in [3.8, 4) is 0 Å². The first-order chi connectivity index (χ1) is 5.16. The van der Waals surface area contributed by atoms with Crippen LogP contribution in [0.5, 0.6) is 0 Å². The van der Waals surface area contributed by atoms with Gasteiger partial charge in [0, 0.05) is 0 Å². The Balaban J connectivity index is 3.04. The van der Waals surface area contributed by atoms with Crippen molar-refractivity contribution < 1.29 is 14.1 Å². The Labute approximate surface area is 63.1 Å². The zero-order valence-corrected chi connectivity index (χ0v) is 6.25. The number of esters is 1. The van der Waals surface area contributed by atoms with Gasteiger partial charge in [-0.25, -0.2) is 4.79 Å². The highest BCUT2D eigenvalue weighted by Crippen LogP contribution is 2.15. The number of nitrogens with two attached hydrogens (primary N) is 1. The lowest BCUT2D eigenvalue weighted by Gasteiger charge is -1.92. The zero-order chi connectivity index (χ0) is 8.43. The van der Waals surface area contributed by atoms with E-state index in [4.69, 9.17) is 5.73 Å². The molecule has 0 bridgehead atoms. The summed E-state index contributed by atoms with van der Waals surface area (Å²) in [6.45, 7) is 1.62. The van der Waals surface area contributed by atoms with Crippen LogP contribution in [-0.2, 0) is 4.74 Å². The highest BCUT2D eigenvalue weighted by molar-refractivity contribution is 5.92. The largest absolute Gasteiger partial charge is 0.464 e. The van der Waals surface area contributed by atoms with Gasteiger partial charge in [-0.1, -0.05) is 5.16 Å². The second-order valence-electron chi connectivity index (χ2n) is 1.99. The number of methoxy groups -OCH3 is 1. The van der Waals surface area contributed by atoms with Crippen LogP contribution in [0.4, 0.5) is 5.69 Å². The molecule has 60 valence electrons. The molecular weight excluding hydrogens is 148 g/mol. The number of aryl methyl sites for hydroxylation is 1. The van der Waals surface area contributed by atoms with E-state index in [1.807, 2.05) is 0 Å². The van der Waals surface area contributed by atoms with E-state index in [1.165, 1.54) is 7.11 Å². The molecule has 0 spiro atoms. The van der Waals surface area contributed by atoms with Crippen LogP contribution in [0, 0.1) is 6.92 Å². The van der Waals surface area contributed by atoms with Crippen LogP contribution in [0.3, 0.4) is 0 Å². The normalized spacial score (nSPS) is 9.64. The van der Waals surface area contributed by atoms with Crippen molar-refractivity contribution in [3.63, 3.8) is 0 Å². The van der Waals surface area contributed by atoms with E-state index in [-0.39, 0.29) is 11.4 Å². The van der Waals surface area contributed by atoms with E-state index < -0.39 is 5.97 Å².